The molecule has 1 fully saturated rings. The molecular formula is C17H21N3O3. The van der Waals surface area contributed by atoms with Gasteiger partial charge in [-0.25, -0.2) is 0 Å². The molecule has 1 amide bonds. The molecule has 0 saturated carbocycles. The van der Waals surface area contributed by atoms with Crippen molar-refractivity contribution in [1.29, 1.82) is 0 Å². The summed E-state index contributed by atoms with van der Waals surface area (Å²) in [5.41, 5.74) is 0.958. The number of aromatic nitrogens is 1. The summed E-state index contributed by atoms with van der Waals surface area (Å²) >= 11 is 0. The Balaban J connectivity index is 1.83. The monoisotopic (exact) mass is 315 g/mol. The van der Waals surface area contributed by atoms with Crippen molar-refractivity contribution in [3.05, 3.63) is 47.7 Å². The molecule has 6 heteroatoms. The molecule has 3 rings (SSSR count). The fraction of sp³-hybridized carbons (Fsp3) is 0.412. The van der Waals surface area contributed by atoms with Crippen LogP contribution in [0.1, 0.15) is 24.3 Å². The van der Waals surface area contributed by atoms with Crippen LogP contribution in [0.5, 0.6) is 0 Å². The number of carbonyl (C=O) groups is 1. The summed E-state index contributed by atoms with van der Waals surface area (Å²) in [4.78, 5) is 15.0. The van der Waals surface area contributed by atoms with E-state index in [1.165, 1.54) is 0 Å². The first-order valence-corrected chi connectivity index (χ1v) is 7.78. The molecule has 1 aliphatic rings. The number of nitrogens with one attached hydrogen (secondary N) is 1. The van der Waals surface area contributed by atoms with Crippen molar-refractivity contribution in [3.63, 3.8) is 0 Å². The second kappa shape index (κ2) is 6.93. The average molecular weight is 315 g/mol. The summed E-state index contributed by atoms with van der Waals surface area (Å²) in [5.74, 6) is 0.991. The molecule has 0 spiro atoms. The number of nitrogens with zero attached hydrogens (tertiary/aromatic N) is 2. The van der Waals surface area contributed by atoms with Crippen LogP contribution >= 0.6 is 0 Å². The normalized spacial score (nSPS) is 20.2. The van der Waals surface area contributed by atoms with Gasteiger partial charge < -0.3 is 14.6 Å². The summed E-state index contributed by atoms with van der Waals surface area (Å²) in [7, 11) is 0. The van der Waals surface area contributed by atoms with Gasteiger partial charge in [-0.05, 0) is 19.4 Å². The summed E-state index contributed by atoms with van der Waals surface area (Å²) in [6.07, 6.45) is 0.108. The van der Waals surface area contributed by atoms with E-state index >= 15 is 0 Å². The minimum atomic E-state index is -0.375. The fourth-order valence-electron chi connectivity index (χ4n) is 2.86. The van der Waals surface area contributed by atoms with Crippen LogP contribution in [-0.4, -0.2) is 41.8 Å². The first-order valence-electron chi connectivity index (χ1n) is 7.78. The molecule has 1 unspecified atom stereocenters. The number of morpholine rings is 1. The zero-order chi connectivity index (χ0) is 16.2. The third kappa shape index (κ3) is 3.78. The van der Waals surface area contributed by atoms with Crippen molar-refractivity contribution < 1.29 is 14.1 Å². The van der Waals surface area contributed by atoms with Gasteiger partial charge in [-0.2, -0.15) is 0 Å². The van der Waals surface area contributed by atoms with Gasteiger partial charge in [0.05, 0.1) is 12.7 Å². The minimum absolute atomic E-state index is 0.108. The highest BCUT2D eigenvalue weighted by atomic mass is 16.5. The molecule has 122 valence electrons. The van der Waals surface area contributed by atoms with E-state index in [1.54, 1.807) is 13.0 Å². The van der Waals surface area contributed by atoms with Gasteiger partial charge in [-0.15, -0.1) is 0 Å². The Labute approximate surface area is 135 Å². The molecule has 1 N–H and O–H groups in total. The Morgan fingerprint density at radius 2 is 2.17 bits per heavy atom. The number of rotatable bonds is 4. The Bertz CT molecular complexity index is 656. The highest BCUT2D eigenvalue weighted by Crippen LogP contribution is 2.25. The maximum atomic E-state index is 12.9. The van der Waals surface area contributed by atoms with Gasteiger partial charge in [-0.1, -0.05) is 35.5 Å². The van der Waals surface area contributed by atoms with Crippen LogP contribution < -0.4 is 5.32 Å². The molecule has 1 saturated heterocycles. The number of anilines is 1. The molecule has 0 bridgehead atoms. The lowest BCUT2D eigenvalue weighted by molar-refractivity contribution is -0.124. The quantitative estimate of drug-likeness (QED) is 0.938. The summed E-state index contributed by atoms with van der Waals surface area (Å²) < 4.78 is 10.6. The number of aryl methyl sites for hydroxylation is 1. The SMILES string of the molecule is Cc1cc(NC(=O)C(c2ccccc2)N2CCO[C@@H](C)C2)no1. The van der Waals surface area contributed by atoms with Crippen LogP contribution in [0.3, 0.4) is 0 Å². The molecule has 6 nitrogen and oxygen atoms in total. The van der Waals surface area contributed by atoms with E-state index < -0.39 is 0 Å². The van der Waals surface area contributed by atoms with E-state index in [-0.39, 0.29) is 18.1 Å². The van der Waals surface area contributed by atoms with Gasteiger partial charge in [0.15, 0.2) is 5.82 Å². The number of ether oxygens (including phenoxy) is 1. The van der Waals surface area contributed by atoms with Crippen molar-refractivity contribution in [2.24, 2.45) is 0 Å². The topological polar surface area (TPSA) is 67.6 Å². The molecule has 0 radical (unpaired) electrons. The van der Waals surface area contributed by atoms with E-state index in [0.717, 1.165) is 12.1 Å². The first kappa shape index (κ1) is 15.7. The molecule has 2 heterocycles. The van der Waals surface area contributed by atoms with Crippen molar-refractivity contribution in [3.8, 4) is 0 Å². The first-order chi connectivity index (χ1) is 11.1. The standard InChI is InChI=1S/C17H21N3O3/c1-12-10-15(19-23-12)18-17(21)16(14-6-4-3-5-7-14)20-8-9-22-13(2)11-20/h3-7,10,13,16H,8-9,11H2,1-2H3,(H,18,19,21)/t13-,16?/m0/s1. The molecule has 1 aromatic carbocycles. The van der Waals surface area contributed by atoms with E-state index in [9.17, 15) is 4.79 Å². The third-order valence-corrected chi connectivity index (χ3v) is 3.88. The lowest BCUT2D eigenvalue weighted by Gasteiger charge is -2.36. The molecule has 23 heavy (non-hydrogen) atoms. The predicted octanol–water partition coefficient (Wildman–Crippen LogP) is 2.38. The summed E-state index contributed by atoms with van der Waals surface area (Å²) in [6, 6.07) is 11.1. The van der Waals surface area contributed by atoms with E-state index in [2.05, 4.69) is 15.4 Å². The number of carbonyl (C=O) groups excluding carboxylic acids is 1. The van der Waals surface area contributed by atoms with Crippen LogP contribution in [-0.2, 0) is 9.53 Å². The lowest BCUT2D eigenvalue weighted by atomic mass is 10.0. The molecule has 1 aromatic heterocycles. The zero-order valence-electron chi connectivity index (χ0n) is 13.4. The number of hydrogen-bond acceptors (Lipinski definition) is 5. The van der Waals surface area contributed by atoms with Crippen LogP contribution in [0.4, 0.5) is 5.82 Å². The van der Waals surface area contributed by atoms with Crippen molar-refractivity contribution in [2.75, 3.05) is 25.0 Å². The van der Waals surface area contributed by atoms with E-state index in [4.69, 9.17) is 9.26 Å². The van der Waals surface area contributed by atoms with Gasteiger partial charge in [0.2, 0.25) is 5.91 Å². The number of benzene rings is 1. The van der Waals surface area contributed by atoms with Crippen LogP contribution in [0.2, 0.25) is 0 Å². The average Bonchev–Trinajstić information content (AvgIpc) is 2.94. The van der Waals surface area contributed by atoms with Crippen molar-refractivity contribution >= 4 is 11.7 Å². The van der Waals surface area contributed by atoms with Gasteiger partial charge >= 0.3 is 0 Å². The highest BCUT2D eigenvalue weighted by molar-refractivity contribution is 5.94. The lowest BCUT2D eigenvalue weighted by Crippen LogP contribution is -2.46. The molecule has 2 aromatic rings. The van der Waals surface area contributed by atoms with E-state index in [0.29, 0.717) is 24.7 Å². The number of hydrogen-bond donors (Lipinski definition) is 1. The maximum absolute atomic E-state index is 12.9. The predicted molar refractivity (Wildman–Crippen MR) is 86.0 cm³/mol. The van der Waals surface area contributed by atoms with E-state index in [1.807, 2.05) is 37.3 Å². The van der Waals surface area contributed by atoms with Gasteiger partial charge in [0.25, 0.3) is 0 Å². The smallest absolute Gasteiger partial charge is 0.247 e. The Hall–Kier alpha value is -2.18. The maximum Gasteiger partial charge on any atom is 0.247 e. The van der Waals surface area contributed by atoms with Gasteiger partial charge in [-0.3, -0.25) is 9.69 Å². The minimum Gasteiger partial charge on any atom is -0.376 e. The third-order valence-electron chi connectivity index (χ3n) is 3.88. The summed E-state index contributed by atoms with van der Waals surface area (Å²) in [5, 5.41) is 6.69. The zero-order valence-corrected chi connectivity index (χ0v) is 13.4. The van der Waals surface area contributed by atoms with Gasteiger partial charge in [0.1, 0.15) is 11.8 Å². The van der Waals surface area contributed by atoms with Gasteiger partial charge in [0, 0.05) is 19.2 Å². The molecular weight excluding hydrogens is 294 g/mol. The Kier molecular flexibility index (Phi) is 4.73. The Morgan fingerprint density at radius 3 is 2.83 bits per heavy atom. The largest absolute Gasteiger partial charge is 0.376 e. The second-order valence-electron chi connectivity index (χ2n) is 5.80. The van der Waals surface area contributed by atoms with Crippen LogP contribution in [0.25, 0.3) is 0 Å². The van der Waals surface area contributed by atoms with Crippen molar-refractivity contribution in [1.82, 2.24) is 10.1 Å². The van der Waals surface area contributed by atoms with Crippen molar-refractivity contribution in [2.45, 2.75) is 26.0 Å². The van der Waals surface area contributed by atoms with Crippen LogP contribution in [0.15, 0.2) is 40.9 Å². The molecule has 2 atom stereocenters. The Morgan fingerprint density at radius 1 is 1.39 bits per heavy atom. The molecule has 1 aliphatic heterocycles. The fourth-order valence-corrected chi connectivity index (χ4v) is 2.86. The molecule has 0 aliphatic carbocycles. The highest BCUT2D eigenvalue weighted by Gasteiger charge is 2.31. The second-order valence-corrected chi connectivity index (χ2v) is 5.80. The van der Waals surface area contributed by atoms with Crippen LogP contribution in [0, 0.1) is 6.92 Å². The number of amides is 1. The summed E-state index contributed by atoms with van der Waals surface area (Å²) in [6.45, 7) is 5.87.